The van der Waals surface area contributed by atoms with E-state index in [1.54, 1.807) is 0 Å². The first-order valence-electron chi connectivity index (χ1n) is 26.0. The van der Waals surface area contributed by atoms with Crippen LogP contribution in [0.15, 0.2) is 249 Å². The van der Waals surface area contributed by atoms with E-state index in [9.17, 15) is 8.78 Å². The second kappa shape index (κ2) is 19.3. The number of ether oxygens (including phenoxy) is 1. The Kier molecular flexibility index (Phi) is 11.8. The fraction of sp³-hybridized carbons (Fsp3) is 0.0714. The van der Waals surface area contributed by atoms with E-state index in [4.69, 9.17) is 9.72 Å². The van der Waals surface area contributed by atoms with Gasteiger partial charge in [-0.1, -0.05) is 154 Å². The predicted octanol–water partition coefficient (Wildman–Crippen LogP) is 19.1. The number of hydrogen-bond donors (Lipinski definition) is 0. The van der Waals surface area contributed by atoms with Gasteiger partial charge in [0.25, 0.3) is 0 Å². The summed E-state index contributed by atoms with van der Waals surface area (Å²) in [5, 5.41) is 2.24. The highest BCUT2D eigenvalue weighted by molar-refractivity contribution is 6.09. The minimum atomic E-state index is -0.309. The van der Waals surface area contributed by atoms with Gasteiger partial charge in [0, 0.05) is 45.9 Å². The zero-order chi connectivity index (χ0) is 52.2. The summed E-state index contributed by atoms with van der Waals surface area (Å²) in [6.45, 7) is 7.09. The largest absolute Gasteiger partial charge is 0.457 e. The van der Waals surface area contributed by atoms with Gasteiger partial charge in [-0.3, -0.25) is 4.57 Å². The maximum Gasteiger partial charge on any atom is 0.137 e. The summed E-state index contributed by atoms with van der Waals surface area (Å²) in [6.07, 6.45) is 1.91. The first-order chi connectivity index (χ1) is 37.6. The number of rotatable bonds is 10. The van der Waals surface area contributed by atoms with Gasteiger partial charge < -0.3 is 14.5 Å². The molecule has 0 spiro atoms. The second-order valence-corrected chi connectivity index (χ2v) is 20.7. The third-order valence-corrected chi connectivity index (χ3v) is 14.8. The quantitative estimate of drug-likeness (QED) is 0.137. The molecule has 3 heterocycles. The highest BCUT2D eigenvalue weighted by Crippen LogP contribution is 2.51. The molecule has 0 aliphatic carbocycles. The highest BCUT2D eigenvalue weighted by atomic mass is 19.1. The van der Waals surface area contributed by atoms with Gasteiger partial charge in [0.1, 0.15) is 35.6 Å². The number of benzene rings is 10. The standard InChI is InChI=1S/C70H52F2N4O/c1-70(2,3)54-35-36-73-68(42-54)76-64-22-11-10-19-62(64)63-34-33-58(44-67(63)76)77-59-41-53(52-38-50(46-15-6-4-7-16-46)37-51(39-52)47-17-8-5-9-18-47)40-57(43-59)74-45-75(66-24-13-12-23-65(66)74)69-60(48-25-29-55(71)30-26-48)20-14-21-61(69)49-27-31-56(72)32-28-49/h4-44H,45H2,1-3H3. The van der Waals surface area contributed by atoms with E-state index < -0.39 is 0 Å². The third kappa shape index (κ3) is 8.95. The first kappa shape index (κ1) is 47.1. The Morgan fingerprint density at radius 3 is 1.58 bits per heavy atom. The number of anilines is 4. The van der Waals surface area contributed by atoms with Gasteiger partial charge in [0.15, 0.2) is 0 Å². The lowest BCUT2D eigenvalue weighted by atomic mass is 9.88. The Bertz CT molecular complexity index is 4040. The van der Waals surface area contributed by atoms with Crippen molar-refractivity contribution in [3.8, 4) is 73.0 Å². The van der Waals surface area contributed by atoms with Gasteiger partial charge in [-0.15, -0.1) is 0 Å². The van der Waals surface area contributed by atoms with E-state index in [1.165, 1.54) is 29.8 Å². The molecule has 0 bridgehead atoms. The summed E-state index contributed by atoms with van der Waals surface area (Å²) < 4.78 is 38.5. The molecule has 5 nitrogen and oxygen atoms in total. The van der Waals surface area contributed by atoms with Gasteiger partial charge in [-0.2, -0.15) is 0 Å². The van der Waals surface area contributed by atoms with Crippen molar-refractivity contribution in [2.45, 2.75) is 26.2 Å². The van der Waals surface area contributed by atoms with Crippen molar-refractivity contribution in [1.82, 2.24) is 9.55 Å². The molecule has 77 heavy (non-hydrogen) atoms. The van der Waals surface area contributed by atoms with E-state index in [2.05, 4.69) is 211 Å². The van der Waals surface area contributed by atoms with E-state index in [1.807, 2.05) is 48.7 Å². The zero-order valence-corrected chi connectivity index (χ0v) is 42.8. The fourth-order valence-electron chi connectivity index (χ4n) is 10.9. The lowest BCUT2D eigenvalue weighted by molar-refractivity contribution is 0.483. The smallest absolute Gasteiger partial charge is 0.137 e. The number of para-hydroxylation sites is 4. The average Bonchev–Trinajstić information content (AvgIpc) is 4.18. The molecule has 0 fully saturated rings. The SMILES string of the molecule is CC(C)(C)c1ccnc(-n2c3ccccc3c3ccc(Oc4cc(-c5cc(-c6ccccc6)cc(-c6ccccc6)c5)cc(N5CN(c6c(-c7ccc(F)cc7)cccc6-c6ccc(F)cc6)c6ccccc65)c4)cc32)c1. The van der Waals surface area contributed by atoms with Crippen LogP contribution in [-0.4, -0.2) is 16.2 Å². The summed E-state index contributed by atoms with van der Waals surface area (Å²) in [5.41, 5.74) is 17.0. The van der Waals surface area contributed by atoms with Crippen LogP contribution in [0.5, 0.6) is 11.5 Å². The number of hydrogen-bond acceptors (Lipinski definition) is 4. The molecule has 0 amide bonds. The number of nitrogens with zero attached hydrogens (tertiary/aromatic N) is 4. The van der Waals surface area contributed by atoms with Crippen LogP contribution in [0.4, 0.5) is 31.5 Å². The van der Waals surface area contributed by atoms with Gasteiger partial charge in [-0.05, 0) is 153 Å². The van der Waals surface area contributed by atoms with Crippen LogP contribution in [0.2, 0.25) is 0 Å². The second-order valence-electron chi connectivity index (χ2n) is 20.7. The lowest BCUT2D eigenvalue weighted by Gasteiger charge is -2.27. The maximum absolute atomic E-state index is 14.5. The van der Waals surface area contributed by atoms with Crippen molar-refractivity contribution in [3.63, 3.8) is 0 Å². The predicted molar refractivity (Wildman–Crippen MR) is 313 cm³/mol. The van der Waals surface area contributed by atoms with E-state index in [0.29, 0.717) is 18.2 Å². The Morgan fingerprint density at radius 1 is 0.416 bits per heavy atom. The summed E-state index contributed by atoms with van der Waals surface area (Å²) >= 11 is 0. The Morgan fingerprint density at radius 2 is 0.961 bits per heavy atom. The maximum atomic E-state index is 14.5. The summed E-state index contributed by atoms with van der Waals surface area (Å²) in [6, 6.07) is 81.3. The van der Waals surface area contributed by atoms with Crippen LogP contribution < -0.4 is 14.5 Å². The molecule has 0 saturated carbocycles. The van der Waals surface area contributed by atoms with Gasteiger partial charge in [0.05, 0.1) is 28.1 Å². The van der Waals surface area contributed by atoms with Crippen molar-refractivity contribution >= 4 is 44.6 Å². The number of fused-ring (bicyclic) bond motifs is 4. The van der Waals surface area contributed by atoms with E-state index >= 15 is 0 Å². The van der Waals surface area contributed by atoms with Crippen LogP contribution in [0.3, 0.4) is 0 Å². The van der Waals surface area contributed by atoms with Crippen molar-refractivity contribution in [2.75, 3.05) is 16.5 Å². The van der Waals surface area contributed by atoms with Crippen molar-refractivity contribution in [2.24, 2.45) is 0 Å². The van der Waals surface area contributed by atoms with Crippen LogP contribution >= 0.6 is 0 Å². The molecule has 0 saturated heterocycles. The van der Waals surface area contributed by atoms with Crippen molar-refractivity contribution in [1.29, 1.82) is 0 Å². The van der Waals surface area contributed by atoms with E-state index in [0.717, 1.165) is 106 Å². The topological polar surface area (TPSA) is 33.5 Å². The van der Waals surface area contributed by atoms with Crippen LogP contribution in [0, 0.1) is 11.6 Å². The zero-order valence-electron chi connectivity index (χ0n) is 42.8. The van der Waals surface area contributed by atoms with Crippen LogP contribution in [-0.2, 0) is 5.41 Å². The van der Waals surface area contributed by atoms with Gasteiger partial charge in [0.2, 0.25) is 0 Å². The van der Waals surface area contributed by atoms with Gasteiger partial charge in [-0.25, -0.2) is 13.8 Å². The summed E-state index contributed by atoms with van der Waals surface area (Å²) in [4.78, 5) is 9.60. The number of halogens is 2. The Hall–Kier alpha value is -9.59. The minimum Gasteiger partial charge on any atom is -0.457 e. The average molecular weight is 1000 g/mol. The molecule has 12 aromatic rings. The fourth-order valence-corrected chi connectivity index (χ4v) is 10.9. The minimum absolute atomic E-state index is 0.0698. The Labute approximate surface area is 447 Å². The molecular formula is C70H52F2N4O. The number of pyridine rings is 1. The molecular weight excluding hydrogens is 951 g/mol. The summed E-state index contributed by atoms with van der Waals surface area (Å²) in [5.74, 6) is 1.57. The Balaban J connectivity index is 0.995. The molecule has 0 N–H and O–H groups in total. The summed E-state index contributed by atoms with van der Waals surface area (Å²) in [7, 11) is 0. The molecule has 0 unspecified atom stereocenters. The molecule has 7 heteroatoms. The molecule has 13 rings (SSSR count). The number of aromatic nitrogens is 2. The van der Waals surface area contributed by atoms with E-state index in [-0.39, 0.29) is 17.0 Å². The molecule has 372 valence electrons. The van der Waals surface area contributed by atoms with Crippen molar-refractivity contribution in [3.05, 3.63) is 266 Å². The lowest BCUT2D eigenvalue weighted by Crippen LogP contribution is -2.25. The first-order valence-corrected chi connectivity index (χ1v) is 26.0. The normalized spacial score (nSPS) is 12.4. The molecule has 2 aromatic heterocycles. The van der Waals surface area contributed by atoms with Crippen LogP contribution in [0.25, 0.3) is 83.3 Å². The molecule has 0 radical (unpaired) electrons. The molecule has 0 atom stereocenters. The monoisotopic (exact) mass is 1000 g/mol. The van der Waals surface area contributed by atoms with Crippen molar-refractivity contribution < 1.29 is 13.5 Å². The molecule has 10 aromatic carbocycles. The molecule has 1 aliphatic heterocycles. The third-order valence-electron chi connectivity index (χ3n) is 14.8. The molecule has 1 aliphatic rings. The van der Waals surface area contributed by atoms with Gasteiger partial charge >= 0.3 is 0 Å². The van der Waals surface area contributed by atoms with Crippen LogP contribution in [0.1, 0.15) is 26.3 Å². The highest BCUT2D eigenvalue weighted by Gasteiger charge is 2.32.